The summed E-state index contributed by atoms with van der Waals surface area (Å²) in [7, 11) is 0. The molecule has 1 aliphatic rings. The molecule has 31 heavy (non-hydrogen) atoms. The summed E-state index contributed by atoms with van der Waals surface area (Å²) < 4.78 is 1.46. The van der Waals surface area contributed by atoms with Gasteiger partial charge in [0.1, 0.15) is 0 Å². The standard InChI is InChI=1S/C22H19N5OS3/c23-27-21(19-11-6-12-29-19)24-25-22(27)31-14-20(28)26-16-9-4-5-10-18(16)30-13-17(26)15-7-2-1-3-8-15/h1-12,17H,13-14,23H2/t17-/m0/s1. The molecule has 0 unspecified atom stereocenters. The second-order valence-electron chi connectivity index (χ2n) is 6.91. The maximum atomic E-state index is 13.5. The summed E-state index contributed by atoms with van der Waals surface area (Å²) >= 11 is 4.65. The van der Waals surface area contributed by atoms with Gasteiger partial charge in [-0.3, -0.25) is 4.79 Å². The Kier molecular flexibility index (Phi) is 5.71. The van der Waals surface area contributed by atoms with Gasteiger partial charge in [0.25, 0.3) is 0 Å². The molecule has 4 aromatic rings. The normalized spacial score (nSPS) is 15.6. The Morgan fingerprint density at radius 3 is 2.68 bits per heavy atom. The number of carbonyl (C=O) groups excluding carboxylic acids is 1. The Labute approximate surface area is 192 Å². The first-order chi connectivity index (χ1) is 15.2. The predicted molar refractivity (Wildman–Crippen MR) is 128 cm³/mol. The number of thioether (sulfide) groups is 2. The van der Waals surface area contributed by atoms with Crippen LogP contribution >= 0.6 is 34.9 Å². The van der Waals surface area contributed by atoms with Crippen molar-refractivity contribution in [3.8, 4) is 10.7 Å². The lowest BCUT2D eigenvalue weighted by Gasteiger charge is -2.37. The number of anilines is 1. The van der Waals surface area contributed by atoms with Crippen LogP contribution in [0.4, 0.5) is 5.69 Å². The van der Waals surface area contributed by atoms with Gasteiger partial charge in [-0.2, -0.15) is 0 Å². The van der Waals surface area contributed by atoms with E-state index in [-0.39, 0.29) is 17.7 Å². The van der Waals surface area contributed by atoms with Crippen LogP contribution in [0.15, 0.2) is 82.2 Å². The molecule has 2 aromatic heterocycles. The van der Waals surface area contributed by atoms with Gasteiger partial charge in [-0.15, -0.1) is 33.3 Å². The van der Waals surface area contributed by atoms with Gasteiger partial charge in [-0.05, 0) is 29.1 Å². The third-order valence-electron chi connectivity index (χ3n) is 5.02. The molecule has 3 heterocycles. The number of hydrogen-bond acceptors (Lipinski definition) is 7. The van der Waals surface area contributed by atoms with Crippen molar-refractivity contribution in [2.24, 2.45) is 0 Å². The van der Waals surface area contributed by atoms with E-state index in [0.29, 0.717) is 11.0 Å². The minimum atomic E-state index is -0.0216. The first-order valence-corrected chi connectivity index (χ1v) is 12.5. The van der Waals surface area contributed by atoms with Crippen molar-refractivity contribution in [3.05, 3.63) is 77.7 Å². The van der Waals surface area contributed by atoms with E-state index in [1.54, 1.807) is 23.1 Å². The number of amides is 1. The van der Waals surface area contributed by atoms with E-state index < -0.39 is 0 Å². The summed E-state index contributed by atoms with van der Waals surface area (Å²) in [6.45, 7) is 0. The first kappa shape index (κ1) is 20.2. The van der Waals surface area contributed by atoms with E-state index >= 15 is 0 Å². The SMILES string of the molecule is Nn1c(SCC(=O)N2c3ccccc3SC[C@H]2c2ccccc2)nnc1-c1cccs1. The number of para-hydroxylation sites is 1. The van der Waals surface area contributed by atoms with Crippen LogP contribution < -0.4 is 10.7 Å². The molecule has 0 bridgehead atoms. The van der Waals surface area contributed by atoms with Crippen molar-refractivity contribution in [1.29, 1.82) is 0 Å². The minimum absolute atomic E-state index is 0.0206. The molecule has 2 aromatic carbocycles. The maximum absolute atomic E-state index is 13.5. The van der Waals surface area contributed by atoms with E-state index in [9.17, 15) is 4.79 Å². The van der Waals surface area contributed by atoms with Crippen molar-refractivity contribution in [2.45, 2.75) is 16.1 Å². The van der Waals surface area contributed by atoms with Gasteiger partial charge in [0.05, 0.1) is 22.4 Å². The zero-order valence-corrected chi connectivity index (χ0v) is 18.9. The van der Waals surface area contributed by atoms with E-state index in [0.717, 1.165) is 26.8 Å². The number of carbonyl (C=O) groups is 1. The Morgan fingerprint density at radius 2 is 1.87 bits per heavy atom. The smallest absolute Gasteiger partial charge is 0.238 e. The van der Waals surface area contributed by atoms with Gasteiger partial charge in [0.15, 0.2) is 5.82 Å². The molecular formula is C22H19N5OS3. The number of thiophene rings is 1. The molecular weight excluding hydrogens is 446 g/mol. The largest absolute Gasteiger partial charge is 0.335 e. The lowest BCUT2D eigenvalue weighted by molar-refractivity contribution is -0.116. The van der Waals surface area contributed by atoms with Crippen LogP contribution in [0.5, 0.6) is 0 Å². The molecule has 1 aliphatic heterocycles. The highest BCUT2D eigenvalue weighted by Gasteiger charge is 2.32. The summed E-state index contributed by atoms with van der Waals surface area (Å²) in [5.41, 5.74) is 2.08. The first-order valence-electron chi connectivity index (χ1n) is 9.68. The quantitative estimate of drug-likeness (QED) is 0.340. The topological polar surface area (TPSA) is 77.0 Å². The number of nitrogens with zero attached hydrogens (tertiary/aromatic N) is 4. The van der Waals surface area contributed by atoms with Crippen molar-refractivity contribution in [3.63, 3.8) is 0 Å². The molecule has 9 heteroatoms. The number of hydrogen-bond donors (Lipinski definition) is 1. The fourth-order valence-corrected chi connectivity index (χ4v) is 6.15. The lowest BCUT2D eigenvalue weighted by atomic mass is 10.1. The highest BCUT2D eigenvalue weighted by atomic mass is 32.2. The molecule has 0 saturated carbocycles. The molecule has 1 amide bonds. The number of rotatable bonds is 5. The third kappa shape index (κ3) is 3.96. The second-order valence-corrected chi connectivity index (χ2v) is 9.86. The average molecular weight is 466 g/mol. The highest BCUT2D eigenvalue weighted by Crippen LogP contribution is 2.43. The third-order valence-corrected chi connectivity index (χ3v) is 7.95. The van der Waals surface area contributed by atoms with Gasteiger partial charge in [0.2, 0.25) is 11.1 Å². The van der Waals surface area contributed by atoms with Crippen LogP contribution in [0.2, 0.25) is 0 Å². The van der Waals surface area contributed by atoms with Gasteiger partial charge < -0.3 is 10.7 Å². The van der Waals surface area contributed by atoms with Crippen molar-refractivity contribution in [1.82, 2.24) is 14.9 Å². The van der Waals surface area contributed by atoms with Gasteiger partial charge in [-0.1, -0.05) is 60.3 Å². The number of nitrogens with two attached hydrogens (primary N) is 1. The minimum Gasteiger partial charge on any atom is -0.335 e. The molecule has 2 N–H and O–H groups in total. The second kappa shape index (κ2) is 8.78. The Hall–Kier alpha value is -2.75. The molecule has 0 spiro atoms. The van der Waals surface area contributed by atoms with Crippen LogP contribution in [0.25, 0.3) is 10.7 Å². The van der Waals surface area contributed by atoms with Crippen LogP contribution in [0, 0.1) is 0 Å². The zero-order chi connectivity index (χ0) is 21.2. The molecule has 0 fully saturated rings. The van der Waals surface area contributed by atoms with E-state index in [2.05, 4.69) is 28.4 Å². The summed E-state index contributed by atoms with van der Waals surface area (Å²) in [5, 5.41) is 10.9. The molecule has 5 rings (SSSR count). The van der Waals surface area contributed by atoms with E-state index in [1.165, 1.54) is 16.4 Å². The predicted octanol–water partition coefficient (Wildman–Crippen LogP) is 4.69. The van der Waals surface area contributed by atoms with E-state index in [1.807, 2.05) is 58.8 Å². The zero-order valence-electron chi connectivity index (χ0n) is 16.4. The van der Waals surface area contributed by atoms with Crippen molar-refractivity contribution < 1.29 is 4.79 Å². The molecule has 0 radical (unpaired) electrons. The van der Waals surface area contributed by atoms with Crippen LogP contribution in [-0.4, -0.2) is 32.3 Å². The Morgan fingerprint density at radius 1 is 1.06 bits per heavy atom. The van der Waals surface area contributed by atoms with E-state index in [4.69, 9.17) is 5.84 Å². The van der Waals surface area contributed by atoms with Crippen LogP contribution in [0.3, 0.4) is 0 Å². The van der Waals surface area contributed by atoms with Crippen molar-refractivity contribution >= 4 is 46.5 Å². The highest BCUT2D eigenvalue weighted by molar-refractivity contribution is 8.00. The molecule has 0 saturated heterocycles. The maximum Gasteiger partial charge on any atom is 0.238 e. The van der Waals surface area contributed by atoms with Gasteiger partial charge >= 0.3 is 0 Å². The fourth-order valence-electron chi connectivity index (χ4n) is 3.56. The summed E-state index contributed by atoms with van der Waals surface area (Å²) in [4.78, 5) is 17.5. The molecule has 1 atom stereocenters. The molecule has 0 aliphatic carbocycles. The Balaban J connectivity index is 1.40. The summed E-state index contributed by atoms with van der Waals surface area (Å²) in [6, 6.07) is 22.1. The number of aromatic nitrogens is 3. The summed E-state index contributed by atoms with van der Waals surface area (Å²) in [6.07, 6.45) is 0. The molecule has 156 valence electrons. The van der Waals surface area contributed by atoms with Gasteiger partial charge in [0, 0.05) is 10.6 Å². The van der Waals surface area contributed by atoms with Gasteiger partial charge in [-0.25, -0.2) is 4.68 Å². The summed E-state index contributed by atoms with van der Waals surface area (Å²) in [5.74, 6) is 7.86. The number of benzene rings is 2. The Bertz CT molecular complexity index is 1190. The molecule has 6 nitrogen and oxygen atoms in total. The number of nitrogen functional groups attached to an aromatic ring is 1. The van der Waals surface area contributed by atoms with Crippen LogP contribution in [0.1, 0.15) is 11.6 Å². The van der Waals surface area contributed by atoms with Crippen molar-refractivity contribution in [2.75, 3.05) is 22.2 Å². The fraction of sp³-hybridized carbons (Fsp3) is 0.136. The number of fused-ring (bicyclic) bond motifs is 1. The monoisotopic (exact) mass is 465 g/mol. The average Bonchev–Trinajstić information content (AvgIpc) is 3.47. The van der Waals surface area contributed by atoms with Crippen LogP contribution in [-0.2, 0) is 4.79 Å². The lowest BCUT2D eigenvalue weighted by Crippen LogP contribution is -2.39.